The molecule has 7 nitrogen and oxygen atoms in total. The second-order valence-corrected chi connectivity index (χ2v) is 8.82. The van der Waals surface area contributed by atoms with E-state index in [0.29, 0.717) is 10.4 Å². The quantitative estimate of drug-likeness (QED) is 0.249. The van der Waals surface area contributed by atoms with Crippen molar-refractivity contribution < 1.29 is 33.8 Å². The number of allylic oxidation sites excluding steroid dienone is 2. The van der Waals surface area contributed by atoms with Crippen molar-refractivity contribution in [2.45, 2.75) is 26.4 Å². The fraction of sp³-hybridized carbons (Fsp3) is 0.160. The molecule has 2 aromatic carbocycles. The molecule has 0 saturated heterocycles. The van der Waals surface area contributed by atoms with E-state index in [1.165, 1.54) is 12.1 Å². The van der Waals surface area contributed by atoms with Gasteiger partial charge in [0, 0.05) is 22.4 Å². The third-order valence-electron chi connectivity index (χ3n) is 5.26. The lowest BCUT2D eigenvalue weighted by Crippen LogP contribution is -2.29. The zero-order valence-electron chi connectivity index (χ0n) is 18.0. The van der Waals surface area contributed by atoms with Crippen molar-refractivity contribution in [1.29, 1.82) is 0 Å². The third-order valence-corrected chi connectivity index (χ3v) is 5.76. The molecule has 1 aliphatic carbocycles. The van der Waals surface area contributed by atoms with Crippen LogP contribution in [0.2, 0.25) is 10.0 Å². The van der Waals surface area contributed by atoms with Crippen LogP contribution in [0.3, 0.4) is 0 Å². The lowest BCUT2D eigenvalue weighted by atomic mass is 9.85. The van der Waals surface area contributed by atoms with Gasteiger partial charge in [0.25, 0.3) is 0 Å². The van der Waals surface area contributed by atoms with Crippen LogP contribution < -0.4 is 0 Å². The van der Waals surface area contributed by atoms with Gasteiger partial charge in [0.15, 0.2) is 17.1 Å². The number of rotatable bonds is 5. The van der Waals surface area contributed by atoms with Crippen molar-refractivity contribution in [3.63, 3.8) is 0 Å². The number of esters is 1. The van der Waals surface area contributed by atoms with Gasteiger partial charge in [-0.25, -0.2) is 4.79 Å². The minimum absolute atomic E-state index is 0.0840. The Morgan fingerprint density at radius 1 is 1.09 bits per heavy atom. The second-order valence-electron chi connectivity index (χ2n) is 7.97. The summed E-state index contributed by atoms with van der Waals surface area (Å²) < 4.78 is 11.1. The van der Waals surface area contributed by atoms with Crippen LogP contribution >= 0.6 is 23.2 Å². The van der Waals surface area contributed by atoms with Gasteiger partial charge >= 0.3 is 5.97 Å². The van der Waals surface area contributed by atoms with Gasteiger partial charge in [-0.1, -0.05) is 34.9 Å². The van der Waals surface area contributed by atoms with E-state index in [2.05, 4.69) is 0 Å². The maximum absolute atomic E-state index is 13.2. The van der Waals surface area contributed by atoms with E-state index in [1.807, 2.05) is 13.8 Å². The number of ketones is 2. The number of ether oxygens (including phenoxy) is 1. The van der Waals surface area contributed by atoms with Gasteiger partial charge in [-0.15, -0.1) is 0 Å². The van der Waals surface area contributed by atoms with Crippen molar-refractivity contribution in [3.8, 4) is 11.5 Å². The first kappa shape index (κ1) is 23.6. The Kier molecular flexibility index (Phi) is 6.25. The van der Waals surface area contributed by atoms with Crippen LogP contribution in [0.4, 0.5) is 0 Å². The average molecular weight is 501 g/mol. The number of aromatic hydroxyl groups is 2. The molecule has 0 bridgehead atoms. The highest BCUT2D eigenvalue weighted by atomic mass is 35.5. The van der Waals surface area contributed by atoms with Crippen LogP contribution in [0, 0.1) is 0 Å². The van der Waals surface area contributed by atoms with Crippen molar-refractivity contribution in [2.75, 3.05) is 0 Å². The molecule has 2 N–H and O–H groups in total. The molecule has 0 saturated carbocycles. The number of benzene rings is 2. The summed E-state index contributed by atoms with van der Waals surface area (Å²) in [6.45, 7) is 3.65. The van der Waals surface area contributed by atoms with Crippen LogP contribution in [0.1, 0.15) is 51.5 Å². The van der Waals surface area contributed by atoms with Crippen LogP contribution in [-0.4, -0.2) is 33.9 Å². The average Bonchev–Trinajstić information content (AvgIpc) is 3.19. The lowest BCUT2D eigenvalue weighted by molar-refractivity contribution is 0.0339. The minimum Gasteiger partial charge on any atom is -0.507 e. The number of hydrogen-bond acceptors (Lipinski definition) is 7. The summed E-state index contributed by atoms with van der Waals surface area (Å²) in [5, 5.41) is 21.3. The third kappa shape index (κ3) is 4.32. The smallest absolute Gasteiger partial charge is 0.374 e. The fourth-order valence-electron chi connectivity index (χ4n) is 3.67. The predicted octanol–water partition coefficient (Wildman–Crippen LogP) is 6.04. The Morgan fingerprint density at radius 3 is 2.44 bits per heavy atom. The predicted molar refractivity (Wildman–Crippen MR) is 126 cm³/mol. The van der Waals surface area contributed by atoms with Crippen molar-refractivity contribution in [1.82, 2.24) is 0 Å². The van der Waals surface area contributed by atoms with E-state index in [1.54, 1.807) is 12.1 Å². The van der Waals surface area contributed by atoms with Gasteiger partial charge in [-0.05, 0) is 50.3 Å². The lowest BCUT2D eigenvalue weighted by Gasteiger charge is -2.23. The van der Waals surface area contributed by atoms with Gasteiger partial charge in [0.2, 0.25) is 5.76 Å². The maximum Gasteiger partial charge on any atom is 0.374 e. The molecule has 4 rings (SSSR count). The van der Waals surface area contributed by atoms with Crippen LogP contribution in [0.15, 0.2) is 58.0 Å². The molecule has 0 spiro atoms. The zero-order valence-corrected chi connectivity index (χ0v) is 19.5. The number of furan rings is 1. The first-order chi connectivity index (χ1) is 16.1. The monoisotopic (exact) mass is 500 g/mol. The summed E-state index contributed by atoms with van der Waals surface area (Å²) in [4.78, 5) is 38.8. The van der Waals surface area contributed by atoms with E-state index in [9.17, 15) is 24.6 Å². The molecule has 0 fully saturated rings. The Morgan fingerprint density at radius 2 is 1.76 bits per heavy atom. The molecular formula is C25H18Cl2O7. The van der Waals surface area contributed by atoms with Gasteiger partial charge < -0.3 is 19.4 Å². The number of carbonyl (C=O) groups is 3. The summed E-state index contributed by atoms with van der Waals surface area (Å²) >= 11 is 12.1. The van der Waals surface area contributed by atoms with Crippen molar-refractivity contribution in [3.05, 3.63) is 80.6 Å². The van der Waals surface area contributed by atoms with Gasteiger partial charge in [-0.2, -0.15) is 0 Å². The number of Topliss-reactive ketones (excluding diaryl/α,β-unsaturated/α-hetero) is 1. The standard InChI is InChI=1S/C25H18Cl2O7/c1-11(2)3-6-19(14-10-18(30)21-16(28)4-5-17(29)22(21)23(14)31)34-25(32)20-8-12-7-13(26)9-15(27)24(12)33-20/h3-5,7-10,19,28-29H,6H2,1-2H3/t19-/m1/s1. The van der Waals surface area contributed by atoms with E-state index in [4.69, 9.17) is 32.4 Å². The molecule has 0 aliphatic heterocycles. The summed E-state index contributed by atoms with van der Waals surface area (Å²) in [5.74, 6) is -3.38. The number of hydrogen-bond donors (Lipinski definition) is 2. The zero-order chi connectivity index (χ0) is 24.7. The Bertz CT molecular complexity index is 1420. The number of halogens is 2. The molecule has 0 radical (unpaired) electrons. The van der Waals surface area contributed by atoms with Crippen LogP contribution in [0.5, 0.6) is 11.5 Å². The summed E-state index contributed by atoms with van der Waals surface area (Å²) in [6, 6.07) is 6.69. The first-order valence-corrected chi connectivity index (χ1v) is 10.9. The Hall–Kier alpha value is -3.55. The fourth-order valence-corrected chi connectivity index (χ4v) is 4.22. The number of phenols is 2. The highest BCUT2D eigenvalue weighted by Gasteiger charge is 2.36. The van der Waals surface area contributed by atoms with E-state index in [0.717, 1.165) is 23.8 Å². The van der Waals surface area contributed by atoms with Gasteiger partial charge in [-0.3, -0.25) is 9.59 Å². The second kappa shape index (κ2) is 9.00. The van der Waals surface area contributed by atoms with E-state index >= 15 is 0 Å². The molecule has 1 aliphatic rings. The molecule has 0 unspecified atom stereocenters. The largest absolute Gasteiger partial charge is 0.507 e. The van der Waals surface area contributed by atoms with Gasteiger partial charge in [0.1, 0.15) is 17.6 Å². The molecule has 3 aromatic rings. The normalized spacial score (nSPS) is 13.9. The van der Waals surface area contributed by atoms with E-state index < -0.39 is 35.1 Å². The minimum atomic E-state index is -1.17. The van der Waals surface area contributed by atoms with E-state index in [-0.39, 0.29) is 39.5 Å². The molecular weight excluding hydrogens is 483 g/mol. The highest BCUT2D eigenvalue weighted by Crippen LogP contribution is 2.37. The molecule has 34 heavy (non-hydrogen) atoms. The van der Waals surface area contributed by atoms with Crippen molar-refractivity contribution in [2.24, 2.45) is 0 Å². The maximum atomic E-state index is 13.2. The Labute approximate surface area is 203 Å². The van der Waals surface area contributed by atoms with Crippen molar-refractivity contribution >= 4 is 51.7 Å². The van der Waals surface area contributed by atoms with Gasteiger partial charge in [0.05, 0.1) is 16.1 Å². The molecule has 0 amide bonds. The van der Waals surface area contributed by atoms with Crippen LogP contribution in [0.25, 0.3) is 11.0 Å². The number of fused-ring (bicyclic) bond motifs is 2. The molecule has 174 valence electrons. The summed E-state index contributed by atoms with van der Waals surface area (Å²) in [7, 11) is 0. The Balaban J connectivity index is 1.72. The SMILES string of the molecule is CC(C)=CC[C@@H](OC(=O)c1cc2cc(Cl)cc(Cl)c2o1)C1=CC(=O)c2c(O)ccc(O)c2C1=O. The molecule has 1 aromatic heterocycles. The molecule has 1 heterocycles. The summed E-state index contributed by atoms with van der Waals surface area (Å²) in [5.41, 5.74) is 0.357. The number of phenolic OH excluding ortho intramolecular Hbond substituents is 2. The van der Waals surface area contributed by atoms with Crippen LogP contribution in [-0.2, 0) is 4.74 Å². The highest BCUT2D eigenvalue weighted by molar-refractivity contribution is 6.38. The summed E-state index contributed by atoms with van der Waals surface area (Å²) in [6.07, 6.45) is 1.67. The topological polar surface area (TPSA) is 114 Å². The molecule has 9 heteroatoms. The first-order valence-electron chi connectivity index (χ1n) is 10.1. The number of carbonyl (C=O) groups excluding carboxylic acids is 3. The molecule has 1 atom stereocenters.